The summed E-state index contributed by atoms with van der Waals surface area (Å²) in [6.45, 7) is 6.63. The average Bonchev–Trinajstić information content (AvgIpc) is 2.17. The average molecular weight is 183 g/mol. The van der Waals surface area contributed by atoms with E-state index in [1.807, 2.05) is 0 Å². The number of hydrogen-bond donors (Lipinski definition) is 2. The molecule has 1 unspecified atom stereocenters. The molecule has 0 spiro atoms. The van der Waals surface area contributed by atoms with Gasteiger partial charge < -0.3 is 11.5 Å². The quantitative estimate of drug-likeness (QED) is 0.394. The topological polar surface area (TPSA) is 70.9 Å². The van der Waals surface area contributed by atoms with E-state index in [1.165, 1.54) is 26.2 Å². The zero-order valence-electron chi connectivity index (χ0n) is 7.82. The number of piperazine rings is 3. The highest BCUT2D eigenvalue weighted by atomic mass is 15.3. The molecule has 5 nitrogen and oxygen atoms in total. The second-order valence-corrected chi connectivity index (χ2v) is 3.76. The highest BCUT2D eigenvalue weighted by Crippen LogP contribution is 2.15. The Morgan fingerprint density at radius 2 is 1.92 bits per heavy atom. The molecule has 0 aromatic carbocycles. The molecule has 3 saturated heterocycles. The number of nitrogens with zero attached hydrogens (tertiary/aromatic N) is 3. The summed E-state index contributed by atoms with van der Waals surface area (Å²) in [4.78, 5) is 9.03. The molecule has 3 aliphatic rings. The molecule has 0 radical (unpaired) electrons. The number of guanidine groups is 1. The van der Waals surface area contributed by atoms with Gasteiger partial charge in [0.05, 0.1) is 6.54 Å². The lowest BCUT2D eigenvalue weighted by Crippen LogP contribution is -2.61. The summed E-state index contributed by atoms with van der Waals surface area (Å²) in [5, 5.41) is 0. The maximum absolute atomic E-state index is 5.30. The van der Waals surface area contributed by atoms with Gasteiger partial charge in [0.2, 0.25) is 0 Å². The molecular formula is C8H17N5. The van der Waals surface area contributed by atoms with Crippen molar-refractivity contribution in [3.8, 4) is 0 Å². The smallest absolute Gasteiger partial charge is 0.185 e. The minimum Gasteiger partial charge on any atom is -0.370 e. The van der Waals surface area contributed by atoms with Crippen LogP contribution in [0.4, 0.5) is 0 Å². The molecule has 74 valence electrons. The van der Waals surface area contributed by atoms with Crippen LogP contribution in [0, 0.1) is 0 Å². The molecule has 2 bridgehead atoms. The Morgan fingerprint density at radius 1 is 1.23 bits per heavy atom. The molecule has 3 rings (SSSR count). The van der Waals surface area contributed by atoms with E-state index in [-0.39, 0.29) is 5.96 Å². The molecule has 0 aliphatic carbocycles. The van der Waals surface area contributed by atoms with E-state index in [9.17, 15) is 0 Å². The maximum Gasteiger partial charge on any atom is 0.185 e. The molecule has 0 saturated carbocycles. The van der Waals surface area contributed by atoms with Crippen LogP contribution in [0.1, 0.15) is 0 Å². The Hall–Kier alpha value is -0.810. The van der Waals surface area contributed by atoms with Crippen LogP contribution in [0.3, 0.4) is 0 Å². The first kappa shape index (κ1) is 8.77. The first-order valence-corrected chi connectivity index (χ1v) is 4.77. The third-order valence-corrected chi connectivity index (χ3v) is 2.88. The lowest BCUT2D eigenvalue weighted by atomic mass is 10.1. The summed E-state index contributed by atoms with van der Waals surface area (Å²) >= 11 is 0. The standard InChI is InChI=1S/C8H17N5/c9-8(10)11-5-7-6-12-1-3-13(7)4-2-12/h7H,1-6H2,(H4,9,10,11). The zero-order chi connectivity index (χ0) is 9.26. The Bertz CT molecular complexity index is 203. The van der Waals surface area contributed by atoms with Crippen molar-refractivity contribution in [2.45, 2.75) is 6.04 Å². The third-order valence-electron chi connectivity index (χ3n) is 2.88. The van der Waals surface area contributed by atoms with Crippen molar-refractivity contribution >= 4 is 5.96 Å². The second kappa shape index (κ2) is 3.51. The van der Waals surface area contributed by atoms with Gasteiger partial charge in [0.25, 0.3) is 0 Å². The number of aliphatic imine (C=N–C) groups is 1. The normalized spacial score (nSPS) is 37.4. The first-order chi connectivity index (χ1) is 6.25. The van der Waals surface area contributed by atoms with Gasteiger partial charge in [0.1, 0.15) is 0 Å². The number of fused-ring (bicyclic) bond motifs is 3. The van der Waals surface area contributed by atoms with Crippen LogP contribution in [-0.2, 0) is 0 Å². The van der Waals surface area contributed by atoms with E-state index in [0.717, 1.165) is 13.1 Å². The molecule has 0 amide bonds. The predicted octanol–water partition coefficient (Wildman–Crippen LogP) is -1.74. The van der Waals surface area contributed by atoms with Crippen molar-refractivity contribution in [2.75, 3.05) is 39.3 Å². The van der Waals surface area contributed by atoms with Crippen molar-refractivity contribution in [1.82, 2.24) is 9.80 Å². The number of rotatable bonds is 2. The minimum atomic E-state index is 0.206. The van der Waals surface area contributed by atoms with Crippen molar-refractivity contribution in [1.29, 1.82) is 0 Å². The highest BCUT2D eigenvalue weighted by Gasteiger charge is 2.31. The Balaban J connectivity index is 1.90. The van der Waals surface area contributed by atoms with Crippen molar-refractivity contribution in [2.24, 2.45) is 16.5 Å². The molecule has 1 atom stereocenters. The van der Waals surface area contributed by atoms with Gasteiger partial charge >= 0.3 is 0 Å². The van der Waals surface area contributed by atoms with Gasteiger partial charge in [-0.25, -0.2) is 0 Å². The molecule has 0 aromatic heterocycles. The largest absolute Gasteiger partial charge is 0.370 e. The van der Waals surface area contributed by atoms with Gasteiger partial charge in [-0.1, -0.05) is 0 Å². The lowest BCUT2D eigenvalue weighted by Gasteiger charge is -2.47. The molecule has 3 fully saturated rings. The van der Waals surface area contributed by atoms with E-state index < -0.39 is 0 Å². The van der Waals surface area contributed by atoms with Gasteiger partial charge in [-0.2, -0.15) is 0 Å². The monoisotopic (exact) mass is 183 g/mol. The van der Waals surface area contributed by atoms with Crippen LogP contribution in [0.25, 0.3) is 0 Å². The molecule has 0 aromatic rings. The maximum atomic E-state index is 5.30. The summed E-state index contributed by atoms with van der Waals surface area (Å²) in [5.74, 6) is 0.206. The molecule has 3 heterocycles. The van der Waals surface area contributed by atoms with Crippen LogP contribution in [0.15, 0.2) is 4.99 Å². The SMILES string of the molecule is NC(N)=NCC1CN2CCN1CC2. The summed E-state index contributed by atoms with van der Waals surface area (Å²) in [6, 6.07) is 0.532. The molecule has 4 N–H and O–H groups in total. The van der Waals surface area contributed by atoms with Gasteiger partial charge in [-0.15, -0.1) is 0 Å². The van der Waals surface area contributed by atoms with E-state index in [0.29, 0.717) is 6.04 Å². The first-order valence-electron chi connectivity index (χ1n) is 4.77. The summed E-state index contributed by atoms with van der Waals surface area (Å²) in [7, 11) is 0. The molecular weight excluding hydrogens is 166 g/mol. The molecule has 13 heavy (non-hydrogen) atoms. The molecule has 5 heteroatoms. The van der Waals surface area contributed by atoms with Crippen molar-refractivity contribution in [3.05, 3.63) is 0 Å². The lowest BCUT2D eigenvalue weighted by molar-refractivity contribution is 0.0174. The van der Waals surface area contributed by atoms with Crippen molar-refractivity contribution in [3.63, 3.8) is 0 Å². The van der Waals surface area contributed by atoms with Crippen LogP contribution in [-0.4, -0.2) is 61.1 Å². The fraction of sp³-hybridized carbons (Fsp3) is 0.875. The second-order valence-electron chi connectivity index (χ2n) is 3.76. The predicted molar refractivity (Wildman–Crippen MR) is 52.5 cm³/mol. The summed E-state index contributed by atoms with van der Waals surface area (Å²) in [5.41, 5.74) is 10.6. The Labute approximate surface area is 78.4 Å². The van der Waals surface area contributed by atoms with Crippen LogP contribution in [0.5, 0.6) is 0 Å². The van der Waals surface area contributed by atoms with Gasteiger partial charge in [0, 0.05) is 38.8 Å². The number of hydrogen-bond acceptors (Lipinski definition) is 3. The van der Waals surface area contributed by atoms with Crippen molar-refractivity contribution < 1.29 is 0 Å². The Kier molecular flexibility index (Phi) is 2.37. The van der Waals surface area contributed by atoms with E-state index in [4.69, 9.17) is 11.5 Å². The van der Waals surface area contributed by atoms with Gasteiger partial charge in [-0.05, 0) is 0 Å². The van der Waals surface area contributed by atoms with E-state index >= 15 is 0 Å². The summed E-state index contributed by atoms with van der Waals surface area (Å²) in [6.07, 6.45) is 0. The van der Waals surface area contributed by atoms with Gasteiger partial charge in [0.15, 0.2) is 5.96 Å². The third kappa shape index (κ3) is 1.92. The zero-order valence-corrected chi connectivity index (χ0v) is 7.82. The Morgan fingerprint density at radius 3 is 2.38 bits per heavy atom. The fourth-order valence-electron chi connectivity index (χ4n) is 2.11. The fourth-order valence-corrected chi connectivity index (χ4v) is 2.11. The van der Waals surface area contributed by atoms with Crippen LogP contribution in [0.2, 0.25) is 0 Å². The van der Waals surface area contributed by atoms with E-state index in [2.05, 4.69) is 14.8 Å². The van der Waals surface area contributed by atoms with Crippen LogP contribution >= 0.6 is 0 Å². The van der Waals surface area contributed by atoms with Crippen LogP contribution < -0.4 is 11.5 Å². The minimum absolute atomic E-state index is 0.206. The molecule has 3 aliphatic heterocycles. The highest BCUT2D eigenvalue weighted by molar-refractivity contribution is 5.75. The summed E-state index contributed by atoms with van der Waals surface area (Å²) < 4.78 is 0. The van der Waals surface area contributed by atoms with E-state index in [1.54, 1.807) is 0 Å². The van der Waals surface area contributed by atoms with Gasteiger partial charge in [-0.3, -0.25) is 14.8 Å². The number of nitrogens with two attached hydrogens (primary N) is 2.